The van der Waals surface area contributed by atoms with Gasteiger partial charge >= 0.3 is 11.5 Å². The Balaban J connectivity index is 2.61. The lowest BCUT2D eigenvalue weighted by atomic mass is 10.1. The van der Waals surface area contributed by atoms with Crippen molar-refractivity contribution in [2.75, 3.05) is 6.54 Å². The molecule has 0 aliphatic rings. The molecule has 0 saturated heterocycles. The number of alkyl halides is 3. The van der Waals surface area contributed by atoms with Crippen LogP contribution in [0.4, 0.5) is 13.2 Å². The molecule has 0 aliphatic carbocycles. The number of carboxylic acid groups (broad SMARTS) is 1. The van der Waals surface area contributed by atoms with Crippen LogP contribution in [0.15, 0.2) is 29.2 Å². The third-order valence-corrected chi connectivity index (χ3v) is 3.44. The number of hydrogen-bond acceptors (Lipinski definition) is 3. The van der Waals surface area contributed by atoms with E-state index in [2.05, 4.69) is 5.32 Å². The van der Waals surface area contributed by atoms with Gasteiger partial charge < -0.3 is 10.4 Å². The van der Waals surface area contributed by atoms with Crippen LogP contribution in [-0.2, 0) is 4.79 Å². The van der Waals surface area contributed by atoms with E-state index in [4.69, 9.17) is 5.11 Å². The Labute approximate surface area is 123 Å². The first-order valence-electron chi connectivity index (χ1n) is 6.09. The third kappa shape index (κ3) is 6.07. The second-order valence-corrected chi connectivity index (χ2v) is 5.36. The summed E-state index contributed by atoms with van der Waals surface area (Å²) in [6.45, 7) is 1.66. The van der Waals surface area contributed by atoms with Gasteiger partial charge in [0.05, 0.1) is 5.92 Å². The van der Waals surface area contributed by atoms with Gasteiger partial charge in [0.25, 0.3) is 5.91 Å². The predicted molar refractivity (Wildman–Crippen MR) is 72.1 cm³/mol. The van der Waals surface area contributed by atoms with Crippen molar-refractivity contribution in [3.8, 4) is 0 Å². The monoisotopic (exact) mass is 321 g/mol. The number of halogens is 3. The van der Waals surface area contributed by atoms with E-state index in [9.17, 15) is 22.8 Å². The van der Waals surface area contributed by atoms with Gasteiger partial charge in [-0.3, -0.25) is 9.59 Å². The van der Waals surface area contributed by atoms with Crippen LogP contribution >= 0.6 is 11.8 Å². The summed E-state index contributed by atoms with van der Waals surface area (Å²) in [6, 6.07) is 4.93. The van der Waals surface area contributed by atoms with E-state index >= 15 is 0 Å². The summed E-state index contributed by atoms with van der Waals surface area (Å²) in [6.07, 6.45) is 0.372. The molecule has 0 spiro atoms. The first-order valence-corrected chi connectivity index (χ1v) is 6.91. The standard InChI is InChI=1S/C13H14F3NO3S/c1-2-8(12(19)20)7-17-11(18)9-3-5-10(6-4-9)21-13(14,15)16/h3-6,8H,2,7H2,1H3,(H,17,18)(H,19,20). The minimum Gasteiger partial charge on any atom is -0.481 e. The molecule has 0 aromatic heterocycles. The van der Waals surface area contributed by atoms with Gasteiger partial charge in [-0.15, -0.1) is 0 Å². The topological polar surface area (TPSA) is 66.4 Å². The Morgan fingerprint density at radius 2 is 1.86 bits per heavy atom. The van der Waals surface area contributed by atoms with Crippen molar-refractivity contribution in [2.45, 2.75) is 23.7 Å². The number of carbonyl (C=O) groups is 2. The van der Waals surface area contributed by atoms with E-state index < -0.39 is 23.3 Å². The van der Waals surface area contributed by atoms with Crippen LogP contribution in [0.2, 0.25) is 0 Å². The fraction of sp³-hybridized carbons (Fsp3) is 0.385. The lowest BCUT2D eigenvalue weighted by molar-refractivity contribution is -0.141. The zero-order valence-electron chi connectivity index (χ0n) is 11.1. The van der Waals surface area contributed by atoms with Crippen LogP contribution in [0.25, 0.3) is 0 Å². The van der Waals surface area contributed by atoms with Gasteiger partial charge in [-0.05, 0) is 42.4 Å². The van der Waals surface area contributed by atoms with Gasteiger partial charge in [-0.1, -0.05) is 6.92 Å². The van der Waals surface area contributed by atoms with Gasteiger partial charge in [0.2, 0.25) is 0 Å². The average Bonchev–Trinajstić information content (AvgIpc) is 2.37. The van der Waals surface area contributed by atoms with Crippen LogP contribution in [0, 0.1) is 5.92 Å². The summed E-state index contributed by atoms with van der Waals surface area (Å²) >= 11 is -0.262. The van der Waals surface area contributed by atoms with Crippen molar-refractivity contribution in [2.24, 2.45) is 5.92 Å². The predicted octanol–water partition coefficient (Wildman–Crippen LogP) is 3.14. The number of aliphatic carboxylic acids is 1. The number of benzene rings is 1. The van der Waals surface area contributed by atoms with Gasteiger partial charge in [0.15, 0.2) is 0 Å². The summed E-state index contributed by atoms with van der Waals surface area (Å²) in [7, 11) is 0. The van der Waals surface area contributed by atoms with Crippen molar-refractivity contribution in [1.82, 2.24) is 5.32 Å². The Hall–Kier alpha value is -1.70. The summed E-state index contributed by atoms with van der Waals surface area (Å²) in [4.78, 5) is 22.5. The fourth-order valence-corrected chi connectivity index (χ4v) is 2.07. The fourth-order valence-electron chi connectivity index (χ4n) is 1.53. The molecule has 0 radical (unpaired) electrons. The highest BCUT2D eigenvalue weighted by molar-refractivity contribution is 8.00. The highest BCUT2D eigenvalue weighted by atomic mass is 32.2. The summed E-state index contributed by atoms with van der Waals surface area (Å²) in [5.74, 6) is -2.21. The van der Waals surface area contributed by atoms with Crippen LogP contribution in [0.5, 0.6) is 0 Å². The van der Waals surface area contributed by atoms with Crippen molar-refractivity contribution in [3.05, 3.63) is 29.8 Å². The zero-order valence-corrected chi connectivity index (χ0v) is 11.9. The number of thioether (sulfide) groups is 1. The van der Waals surface area contributed by atoms with Crippen LogP contribution in [0.3, 0.4) is 0 Å². The Morgan fingerprint density at radius 3 is 2.29 bits per heavy atom. The van der Waals surface area contributed by atoms with E-state index in [1.807, 2.05) is 0 Å². The molecule has 1 unspecified atom stereocenters. The quantitative estimate of drug-likeness (QED) is 0.790. The molecule has 0 heterocycles. The SMILES string of the molecule is CCC(CNC(=O)c1ccc(SC(F)(F)F)cc1)C(=O)O. The minimum atomic E-state index is -4.38. The highest BCUT2D eigenvalue weighted by Gasteiger charge is 2.29. The van der Waals surface area contributed by atoms with E-state index in [0.29, 0.717) is 6.42 Å². The number of hydrogen-bond donors (Lipinski definition) is 2. The molecule has 2 N–H and O–H groups in total. The number of carboxylic acids is 1. The number of amides is 1. The van der Waals surface area contributed by atoms with E-state index in [-0.39, 0.29) is 28.8 Å². The molecular weight excluding hydrogens is 307 g/mol. The maximum atomic E-state index is 12.2. The molecule has 0 bridgehead atoms. The molecule has 1 amide bonds. The van der Waals surface area contributed by atoms with Crippen LogP contribution in [-0.4, -0.2) is 29.0 Å². The summed E-state index contributed by atoms with van der Waals surface area (Å²) in [5.41, 5.74) is -4.19. The number of rotatable bonds is 6. The largest absolute Gasteiger partial charge is 0.481 e. The normalized spacial score (nSPS) is 12.8. The van der Waals surface area contributed by atoms with Gasteiger partial charge in [0.1, 0.15) is 0 Å². The average molecular weight is 321 g/mol. The lowest BCUT2D eigenvalue weighted by Gasteiger charge is -2.11. The molecule has 21 heavy (non-hydrogen) atoms. The second-order valence-electron chi connectivity index (χ2n) is 4.23. The molecule has 0 fully saturated rings. The van der Waals surface area contributed by atoms with Crippen molar-refractivity contribution in [1.29, 1.82) is 0 Å². The molecule has 116 valence electrons. The second kappa shape index (κ2) is 7.35. The van der Waals surface area contributed by atoms with Gasteiger partial charge in [0, 0.05) is 17.0 Å². The maximum Gasteiger partial charge on any atom is 0.446 e. The molecule has 1 aromatic rings. The Morgan fingerprint density at radius 1 is 1.29 bits per heavy atom. The molecule has 1 atom stereocenters. The molecule has 8 heteroatoms. The smallest absolute Gasteiger partial charge is 0.446 e. The molecule has 4 nitrogen and oxygen atoms in total. The van der Waals surface area contributed by atoms with Crippen molar-refractivity contribution in [3.63, 3.8) is 0 Å². The summed E-state index contributed by atoms with van der Waals surface area (Å²) in [5, 5.41) is 11.3. The number of nitrogens with one attached hydrogen (secondary N) is 1. The molecular formula is C13H14F3NO3S. The lowest BCUT2D eigenvalue weighted by Crippen LogP contribution is -2.32. The van der Waals surface area contributed by atoms with E-state index in [0.717, 1.165) is 0 Å². The Bertz CT molecular complexity index is 502. The zero-order chi connectivity index (χ0) is 16.0. The minimum absolute atomic E-state index is 0.0176. The third-order valence-electron chi connectivity index (χ3n) is 2.70. The molecule has 0 aliphatic heterocycles. The van der Waals surface area contributed by atoms with Crippen LogP contribution < -0.4 is 5.32 Å². The van der Waals surface area contributed by atoms with Crippen molar-refractivity contribution >= 4 is 23.6 Å². The molecule has 1 aromatic carbocycles. The van der Waals surface area contributed by atoms with Gasteiger partial charge in [-0.2, -0.15) is 13.2 Å². The molecule has 1 rings (SSSR count). The van der Waals surface area contributed by atoms with E-state index in [1.165, 1.54) is 24.3 Å². The number of carbonyl (C=O) groups excluding carboxylic acids is 1. The Kier molecular flexibility index (Phi) is 6.07. The highest BCUT2D eigenvalue weighted by Crippen LogP contribution is 2.36. The van der Waals surface area contributed by atoms with Crippen molar-refractivity contribution < 1.29 is 27.9 Å². The molecule has 0 saturated carbocycles. The maximum absolute atomic E-state index is 12.2. The van der Waals surface area contributed by atoms with Gasteiger partial charge in [-0.25, -0.2) is 0 Å². The summed E-state index contributed by atoms with van der Waals surface area (Å²) < 4.78 is 36.5. The first-order chi connectivity index (χ1) is 9.73. The van der Waals surface area contributed by atoms with E-state index in [1.54, 1.807) is 6.92 Å². The first kappa shape index (κ1) is 17.4. The van der Waals surface area contributed by atoms with Crippen LogP contribution in [0.1, 0.15) is 23.7 Å².